The Kier molecular flexibility index (Phi) is 4.11. The van der Waals surface area contributed by atoms with Crippen LogP contribution in [0.25, 0.3) is 0 Å². The summed E-state index contributed by atoms with van der Waals surface area (Å²) in [5, 5.41) is 4.26. The molecule has 0 aliphatic heterocycles. The first-order chi connectivity index (χ1) is 9.52. The Labute approximate surface area is 119 Å². The van der Waals surface area contributed by atoms with Crippen molar-refractivity contribution in [3.63, 3.8) is 0 Å². The van der Waals surface area contributed by atoms with Crippen molar-refractivity contribution in [3.05, 3.63) is 47.8 Å². The highest BCUT2D eigenvalue weighted by Crippen LogP contribution is 2.39. The number of hydrogen-bond acceptors (Lipinski definition) is 4. The lowest BCUT2D eigenvalue weighted by molar-refractivity contribution is 0.319. The van der Waals surface area contributed by atoms with Gasteiger partial charge in [-0.25, -0.2) is 0 Å². The van der Waals surface area contributed by atoms with Crippen LogP contribution in [0, 0.1) is 0 Å². The molecule has 0 fully saturated rings. The number of hydrazine groups is 1. The zero-order valence-corrected chi connectivity index (χ0v) is 12.4. The maximum absolute atomic E-state index is 5.83. The second kappa shape index (κ2) is 5.64. The van der Waals surface area contributed by atoms with Crippen molar-refractivity contribution < 1.29 is 4.74 Å². The van der Waals surface area contributed by atoms with Crippen molar-refractivity contribution in [2.24, 2.45) is 12.9 Å². The van der Waals surface area contributed by atoms with Crippen molar-refractivity contribution in [3.8, 4) is 5.75 Å². The van der Waals surface area contributed by atoms with Crippen molar-refractivity contribution >= 4 is 0 Å². The molecular weight excluding hydrogens is 252 g/mol. The third-order valence-electron chi connectivity index (χ3n) is 3.85. The largest absolute Gasteiger partial charge is 0.493 e. The summed E-state index contributed by atoms with van der Waals surface area (Å²) in [7, 11) is 3.53. The number of benzene rings is 1. The van der Waals surface area contributed by atoms with Gasteiger partial charge in [0.05, 0.1) is 25.0 Å². The van der Waals surface area contributed by atoms with E-state index in [1.807, 2.05) is 25.2 Å². The van der Waals surface area contributed by atoms with Crippen molar-refractivity contribution in [1.82, 2.24) is 15.2 Å². The maximum Gasteiger partial charge on any atom is 0.161 e. The highest BCUT2D eigenvalue weighted by atomic mass is 16.5. The summed E-state index contributed by atoms with van der Waals surface area (Å²) in [5.74, 6) is 6.57. The van der Waals surface area contributed by atoms with Gasteiger partial charge >= 0.3 is 0 Å². The summed E-state index contributed by atoms with van der Waals surface area (Å²) in [6.45, 7) is 4.30. The number of methoxy groups -OCH3 is 1. The second-order valence-electron chi connectivity index (χ2n) is 5.41. The van der Waals surface area contributed by atoms with Gasteiger partial charge in [-0.15, -0.1) is 0 Å². The van der Waals surface area contributed by atoms with Crippen molar-refractivity contribution in [2.75, 3.05) is 7.11 Å². The van der Waals surface area contributed by atoms with Crippen LogP contribution in [0.5, 0.6) is 5.75 Å². The lowest BCUT2D eigenvalue weighted by atomic mass is 9.76. The molecule has 1 heterocycles. The third kappa shape index (κ3) is 2.42. The summed E-state index contributed by atoms with van der Waals surface area (Å²) in [6.07, 6.45) is 1.71. The summed E-state index contributed by atoms with van der Waals surface area (Å²) < 4.78 is 7.20. The topological polar surface area (TPSA) is 65.1 Å². The van der Waals surface area contributed by atoms with E-state index in [0.29, 0.717) is 0 Å². The number of rotatable bonds is 5. The minimum absolute atomic E-state index is 0.118. The average molecular weight is 274 g/mol. The molecule has 0 bridgehead atoms. The van der Waals surface area contributed by atoms with E-state index in [1.54, 1.807) is 18.0 Å². The third-order valence-corrected chi connectivity index (χ3v) is 3.85. The molecule has 1 atom stereocenters. The van der Waals surface area contributed by atoms with Gasteiger partial charge in [-0.1, -0.05) is 44.2 Å². The number of nitrogens with zero attached hydrogens (tertiary/aromatic N) is 2. The highest BCUT2D eigenvalue weighted by molar-refractivity contribution is 5.35. The first kappa shape index (κ1) is 14.6. The Balaban J connectivity index is 2.49. The lowest BCUT2D eigenvalue weighted by Crippen LogP contribution is -2.42. The van der Waals surface area contributed by atoms with Gasteiger partial charge in [0.2, 0.25) is 0 Å². The SMILES string of the molecule is COc1cnn(C)c1C(NN)C(C)(C)c1ccccc1. The molecule has 0 aliphatic carbocycles. The summed E-state index contributed by atoms with van der Waals surface area (Å²) in [5.41, 5.74) is 4.84. The van der Waals surface area contributed by atoms with E-state index in [0.717, 1.165) is 11.4 Å². The fraction of sp³-hybridized carbons (Fsp3) is 0.400. The fourth-order valence-corrected chi connectivity index (χ4v) is 2.58. The van der Waals surface area contributed by atoms with E-state index in [2.05, 4.69) is 36.5 Å². The molecule has 2 aromatic rings. The average Bonchev–Trinajstić information content (AvgIpc) is 2.82. The normalized spacial score (nSPS) is 13.2. The predicted octanol–water partition coefficient (Wildman–Crippen LogP) is 1.91. The summed E-state index contributed by atoms with van der Waals surface area (Å²) >= 11 is 0. The molecule has 1 unspecified atom stereocenters. The van der Waals surface area contributed by atoms with Gasteiger partial charge in [0.15, 0.2) is 5.75 Å². The van der Waals surface area contributed by atoms with Gasteiger partial charge in [0.1, 0.15) is 0 Å². The molecule has 0 amide bonds. The zero-order chi connectivity index (χ0) is 14.8. The number of aromatic nitrogens is 2. The smallest absolute Gasteiger partial charge is 0.161 e. The monoisotopic (exact) mass is 274 g/mol. The van der Waals surface area contributed by atoms with Crippen LogP contribution < -0.4 is 16.0 Å². The predicted molar refractivity (Wildman–Crippen MR) is 79.3 cm³/mol. The molecule has 0 saturated heterocycles. The Bertz CT molecular complexity index is 563. The minimum atomic E-state index is -0.211. The van der Waals surface area contributed by atoms with Crippen LogP contribution in [0.15, 0.2) is 36.5 Å². The van der Waals surface area contributed by atoms with Gasteiger partial charge < -0.3 is 4.74 Å². The highest BCUT2D eigenvalue weighted by Gasteiger charge is 2.35. The molecule has 1 aromatic carbocycles. The molecule has 5 nitrogen and oxygen atoms in total. The first-order valence-electron chi connectivity index (χ1n) is 6.60. The Morgan fingerprint density at radius 3 is 2.50 bits per heavy atom. The lowest BCUT2D eigenvalue weighted by Gasteiger charge is -2.34. The first-order valence-corrected chi connectivity index (χ1v) is 6.60. The van der Waals surface area contributed by atoms with E-state index < -0.39 is 0 Å². The minimum Gasteiger partial charge on any atom is -0.493 e. The van der Waals surface area contributed by atoms with Crippen LogP contribution in [-0.4, -0.2) is 16.9 Å². The van der Waals surface area contributed by atoms with Gasteiger partial charge in [-0.3, -0.25) is 16.0 Å². The van der Waals surface area contributed by atoms with Gasteiger partial charge in [-0.05, 0) is 5.56 Å². The van der Waals surface area contributed by atoms with Crippen molar-refractivity contribution in [2.45, 2.75) is 25.3 Å². The Morgan fingerprint density at radius 1 is 1.30 bits per heavy atom. The van der Waals surface area contributed by atoms with E-state index >= 15 is 0 Å². The summed E-state index contributed by atoms with van der Waals surface area (Å²) in [6, 6.07) is 10.2. The Hall–Kier alpha value is -1.85. The van der Waals surface area contributed by atoms with Crippen LogP contribution in [0.3, 0.4) is 0 Å². The van der Waals surface area contributed by atoms with Crippen LogP contribution in [0.1, 0.15) is 31.1 Å². The molecular formula is C15H22N4O. The van der Waals surface area contributed by atoms with Crippen molar-refractivity contribution in [1.29, 1.82) is 0 Å². The quantitative estimate of drug-likeness (QED) is 0.646. The van der Waals surface area contributed by atoms with E-state index in [1.165, 1.54) is 5.56 Å². The molecule has 1 aromatic heterocycles. The molecule has 108 valence electrons. The number of ether oxygens (including phenoxy) is 1. The zero-order valence-electron chi connectivity index (χ0n) is 12.4. The van der Waals surface area contributed by atoms with Gasteiger partial charge in [0.25, 0.3) is 0 Å². The molecule has 3 N–H and O–H groups in total. The van der Waals surface area contributed by atoms with Crippen LogP contribution in [-0.2, 0) is 12.5 Å². The molecule has 0 spiro atoms. The van der Waals surface area contributed by atoms with Crippen LogP contribution >= 0.6 is 0 Å². The molecule has 2 rings (SSSR count). The molecule has 5 heteroatoms. The second-order valence-corrected chi connectivity index (χ2v) is 5.41. The fourth-order valence-electron chi connectivity index (χ4n) is 2.58. The summed E-state index contributed by atoms with van der Waals surface area (Å²) in [4.78, 5) is 0. The number of nitrogens with one attached hydrogen (secondary N) is 1. The van der Waals surface area contributed by atoms with E-state index in [-0.39, 0.29) is 11.5 Å². The van der Waals surface area contributed by atoms with Gasteiger partial charge in [-0.2, -0.15) is 5.10 Å². The molecule has 20 heavy (non-hydrogen) atoms. The maximum atomic E-state index is 5.83. The van der Waals surface area contributed by atoms with Gasteiger partial charge in [0, 0.05) is 12.5 Å². The Morgan fingerprint density at radius 2 is 1.95 bits per heavy atom. The van der Waals surface area contributed by atoms with Crippen LogP contribution in [0.4, 0.5) is 0 Å². The molecule has 0 radical (unpaired) electrons. The molecule has 0 aliphatic rings. The number of aryl methyl sites for hydroxylation is 1. The number of nitrogens with two attached hydrogens (primary N) is 1. The van der Waals surface area contributed by atoms with E-state index in [9.17, 15) is 0 Å². The van der Waals surface area contributed by atoms with E-state index in [4.69, 9.17) is 10.6 Å². The number of hydrogen-bond donors (Lipinski definition) is 2. The van der Waals surface area contributed by atoms with Crippen LogP contribution in [0.2, 0.25) is 0 Å². The standard InChI is InChI=1S/C15H22N4O/c1-15(2,11-8-6-5-7-9-11)14(18-16)13-12(20-4)10-17-19(13)3/h5-10,14,18H,16H2,1-4H3. The molecule has 0 saturated carbocycles.